The van der Waals surface area contributed by atoms with Crippen LogP contribution in [0.4, 0.5) is 8.78 Å². The van der Waals surface area contributed by atoms with Crippen LogP contribution in [-0.4, -0.2) is 77.4 Å². The Labute approximate surface area is 375 Å². The lowest BCUT2D eigenvalue weighted by atomic mass is 9.86. The second-order valence-corrected chi connectivity index (χ2v) is 19.4. The summed E-state index contributed by atoms with van der Waals surface area (Å²) in [7, 11) is 1.72. The number of nitrogens with zero attached hydrogens (tertiary/aromatic N) is 10. The first-order valence-corrected chi connectivity index (χ1v) is 22.5. The zero-order chi connectivity index (χ0) is 45.7. The van der Waals surface area contributed by atoms with Gasteiger partial charge in [-0.15, -0.1) is 0 Å². The summed E-state index contributed by atoms with van der Waals surface area (Å²) in [5, 5.41) is 14.6. The maximum Gasteiger partial charge on any atom is 0.438 e. The van der Waals surface area contributed by atoms with Crippen LogP contribution >= 0.6 is 0 Å². The molecule has 1 saturated carbocycles. The van der Waals surface area contributed by atoms with E-state index >= 15 is 13.6 Å². The molecule has 5 atom stereocenters. The number of benzene rings is 2. The van der Waals surface area contributed by atoms with Crippen molar-refractivity contribution in [3.05, 3.63) is 133 Å². The molecule has 6 aromatic heterocycles. The summed E-state index contributed by atoms with van der Waals surface area (Å²) in [5.41, 5.74) is 3.69. The monoisotopic (exact) mass is 895 g/mol. The molecule has 9 heterocycles. The number of halogens is 2. The molecule has 1 aliphatic carbocycles. The molecule has 1 amide bonds. The Balaban J connectivity index is 1.02. The van der Waals surface area contributed by atoms with Crippen LogP contribution in [0.2, 0.25) is 0 Å². The maximum atomic E-state index is 16.2. The van der Waals surface area contributed by atoms with Crippen LogP contribution in [0.3, 0.4) is 0 Å². The number of nitrogens with one attached hydrogen (secondary N) is 1. The minimum Gasteiger partial charge on any atom is -0.376 e. The smallest absolute Gasteiger partial charge is 0.376 e. The summed E-state index contributed by atoms with van der Waals surface area (Å²) in [5.74, 6) is -0.993. The number of H-pyrrole nitrogens is 1. The van der Waals surface area contributed by atoms with Gasteiger partial charge >= 0.3 is 11.4 Å². The summed E-state index contributed by atoms with van der Waals surface area (Å²) in [6.45, 7) is 10.2. The number of aryl methyl sites for hydroxylation is 3. The first kappa shape index (κ1) is 40.6. The van der Waals surface area contributed by atoms with Gasteiger partial charge < -0.3 is 14.2 Å². The molecule has 18 heteroatoms. The number of hydrogen-bond donors (Lipinski definition) is 1. The lowest BCUT2D eigenvalue weighted by Crippen LogP contribution is -2.43. The van der Waals surface area contributed by atoms with Crippen LogP contribution in [0.1, 0.15) is 109 Å². The number of amides is 1. The summed E-state index contributed by atoms with van der Waals surface area (Å²) < 4.78 is 50.4. The van der Waals surface area contributed by atoms with Crippen LogP contribution in [0.15, 0.2) is 75.3 Å². The highest BCUT2D eigenvalue weighted by atomic mass is 19.1. The number of rotatable bonds is 7. The predicted octanol–water partition coefficient (Wildman–Crippen LogP) is 6.98. The van der Waals surface area contributed by atoms with E-state index in [1.54, 1.807) is 60.7 Å². The molecule has 3 fully saturated rings. The van der Waals surface area contributed by atoms with Crippen molar-refractivity contribution in [2.75, 3.05) is 6.61 Å². The number of aromatic nitrogens is 10. The highest BCUT2D eigenvalue weighted by Crippen LogP contribution is 2.56. The van der Waals surface area contributed by atoms with Gasteiger partial charge in [0.15, 0.2) is 11.6 Å². The van der Waals surface area contributed by atoms with E-state index in [1.165, 1.54) is 21.5 Å². The van der Waals surface area contributed by atoms with E-state index in [-0.39, 0.29) is 46.3 Å². The molecule has 4 aliphatic rings. The second-order valence-electron chi connectivity index (χ2n) is 19.4. The van der Waals surface area contributed by atoms with Crippen LogP contribution in [-0.2, 0) is 23.7 Å². The fourth-order valence-corrected chi connectivity index (χ4v) is 11.5. The number of carbonyl (C=O) groups excluding carboxylic acids is 1. The van der Waals surface area contributed by atoms with Gasteiger partial charge in [0, 0.05) is 61.1 Å². The molecule has 2 saturated heterocycles. The molecule has 3 aliphatic heterocycles. The fraction of sp³-hybridized carbons (Fsp3) is 0.396. The Hall–Kier alpha value is -6.95. The molecule has 0 spiro atoms. The average Bonchev–Trinajstić information content (AvgIpc) is 3.99. The Kier molecular flexibility index (Phi) is 8.62. The molecule has 1 N–H and O–H groups in total. The molecule has 338 valence electrons. The minimum atomic E-state index is -0.887. The van der Waals surface area contributed by atoms with Crippen molar-refractivity contribution in [1.82, 2.24) is 53.3 Å². The van der Waals surface area contributed by atoms with E-state index in [2.05, 4.69) is 42.1 Å². The number of carbonyl (C=O) groups is 1. The average molecular weight is 896 g/mol. The Bertz CT molecular complexity index is 3450. The summed E-state index contributed by atoms with van der Waals surface area (Å²) in [6, 6.07) is 9.89. The maximum absolute atomic E-state index is 16.2. The zero-order valence-electron chi connectivity index (χ0n) is 37.3. The molecule has 0 unspecified atom stereocenters. The summed E-state index contributed by atoms with van der Waals surface area (Å²) in [6.07, 6.45) is 10.2. The van der Waals surface area contributed by atoms with E-state index in [9.17, 15) is 9.59 Å². The lowest BCUT2D eigenvalue weighted by molar-refractivity contribution is -0.0597. The van der Waals surface area contributed by atoms with Gasteiger partial charge in [0.05, 0.1) is 57.5 Å². The highest BCUT2D eigenvalue weighted by molar-refractivity contribution is 6.00. The number of aromatic amines is 1. The third kappa shape index (κ3) is 5.78. The van der Waals surface area contributed by atoms with E-state index in [0.29, 0.717) is 83.2 Å². The lowest BCUT2D eigenvalue weighted by Gasteiger charge is -2.35. The molecule has 12 rings (SSSR count). The van der Waals surface area contributed by atoms with Crippen molar-refractivity contribution >= 4 is 27.7 Å². The third-order valence-corrected chi connectivity index (χ3v) is 14.8. The van der Waals surface area contributed by atoms with Gasteiger partial charge in [-0.3, -0.25) is 33.1 Å². The molecule has 8 aromatic rings. The Morgan fingerprint density at radius 3 is 2.44 bits per heavy atom. The molecule has 2 aromatic carbocycles. The van der Waals surface area contributed by atoms with Crippen molar-refractivity contribution in [2.45, 2.75) is 102 Å². The minimum absolute atomic E-state index is 0.0203. The zero-order valence-corrected chi connectivity index (χ0v) is 37.3. The van der Waals surface area contributed by atoms with Crippen molar-refractivity contribution in [2.24, 2.45) is 13.0 Å². The third-order valence-electron chi connectivity index (χ3n) is 14.8. The number of pyridine rings is 1. The molecule has 66 heavy (non-hydrogen) atoms. The van der Waals surface area contributed by atoms with E-state index in [1.807, 2.05) is 21.7 Å². The molecule has 16 nitrogen and oxygen atoms in total. The Morgan fingerprint density at radius 2 is 1.71 bits per heavy atom. The van der Waals surface area contributed by atoms with Crippen LogP contribution in [0, 0.1) is 31.4 Å². The normalized spacial score (nSPS) is 23.3. The van der Waals surface area contributed by atoms with Gasteiger partial charge in [0.1, 0.15) is 22.9 Å². The first-order valence-electron chi connectivity index (χ1n) is 22.5. The van der Waals surface area contributed by atoms with Gasteiger partial charge in [-0.25, -0.2) is 23.1 Å². The van der Waals surface area contributed by atoms with Gasteiger partial charge in [0.2, 0.25) is 0 Å². The number of ether oxygens (including phenoxy) is 1. The van der Waals surface area contributed by atoms with Crippen molar-refractivity contribution in [1.29, 1.82) is 0 Å². The number of hydrogen-bond acceptors (Lipinski definition) is 9. The molecule has 2 bridgehead atoms. The van der Waals surface area contributed by atoms with Gasteiger partial charge in [0.25, 0.3) is 5.91 Å². The number of fused-ring (bicyclic) bond motifs is 6. The van der Waals surface area contributed by atoms with Crippen molar-refractivity contribution in [3.8, 4) is 17.2 Å². The predicted molar refractivity (Wildman–Crippen MR) is 238 cm³/mol. The quantitative estimate of drug-likeness (QED) is 0.178. The van der Waals surface area contributed by atoms with Crippen molar-refractivity contribution < 1.29 is 22.8 Å². The van der Waals surface area contributed by atoms with Crippen molar-refractivity contribution in [3.63, 3.8) is 0 Å². The van der Waals surface area contributed by atoms with Crippen LogP contribution < -0.4 is 11.4 Å². The first-order chi connectivity index (χ1) is 31.6. The van der Waals surface area contributed by atoms with E-state index in [0.717, 1.165) is 29.4 Å². The van der Waals surface area contributed by atoms with Gasteiger partial charge in [-0.05, 0) is 113 Å². The summed E-state index contributed by atoms with van der Waals surface area (Å²) >= 11 is 0. The fourth-order valence-electron chi connectivity index (χ4n) is 11.5. The van der Waals surface area contributed by atoms with Gasteiger partial charge in [-0.1, -0.05) is 12.1 Å². The second kappa shape index (κ2) is 14.0. The Morgan fingerprint density at radius 1 is 0.939 bits per heavy atom. The number of imidazole rings is 1. The van der Waals surface area contributed by atoms with Gasteiger partial charge in [-0.2, -0.15) is 10.2 Å². The SMILES string of the molecule is Cc1cc(-n2nc3c(c2-n2ccn(-c4ccc5c(cnn5C)c4F)c2=O)[C@@H]2CC[C@H](C3)N2C(=O)c2cc3cc([C@H]4CCOC(C)(C)C4)ncc3n2[C@@]2(c3noc(=O)[nH]3)C[C@@H]2C)cc(C)c1F. The molecular formula is C48H47F2N11O5. The highest BCUT2D eigenvalue weighted by Gasteiger charge is 2.60. The van der Waals surface area contributed by atoms with E-state index in [4.69, 9.17) is 19.3 Å². The largest absolute Gasteiger partial charge is 0.438 e. The summed E-state index contributed by atoms with van der Waals surface area (Å²) in [4.78, 5) is 52.7. The molecular weight excluding hydrogens is 849 g/mol. The van der Waals surface area contributed by atoms with E-state index < -0.39 is 28.8 Å². The topological polar surface area (TPSA) is 169 Å². The molecule has 0 radical (unpaired) electrons. The van der Waals surface area contributed by atoms with Crippen LogP contribution in [0.5, 0.6) is 0 Å². The van der Waals surface area contributed by atoms with Crippen LogP contribution in [0.25, 0.3) is 39.0 Å². The standard InChI is InChI=1S/C48H47F2N11O5/c1-24-15-30(16-25(2)40(24)49)61-42(58-13-12-57(46(58)64)36-10-9-34-31(41(36)50)22-52-56(34)6)39-33(54-61)19-29-7-8-35(39)59(29)43(62)37-18-28-17-32(27-11-14-65-47(4,5)21-27)51-23-38(28)60(37)48(20-26(48)3)44-53-45(63)66-55-44/h9-10,12-13,15-18,22-23,26-27,29,35H,7-8,11,14,19-21H2,1-6H3,(H,53,55,63)/t26-,27-,29+,35-,48-/m0/s1.